The lowest BCUT2D eigenvalue weighted by atomic mass is 10.0. The minimum atomic E-state index is -3.58. The van der Waals surface area contributed by atoms with Gasteiger partial charge in [-0.25, -0.2) is 13.1 Å². The van der Waals surface area contributed by atoms with E-state index < -0.39 is 15.6 Å². The second-order valence-electron chi connectivity index (χ2n) is 5.43. The van der Waals surface area contributed by atoms with Gasteiger partial charge in [0.25, 0.3) is 0 Å². The van der Waals surface area contributed by atoms with Crippen molar-refractivity contribution in [2.75, 3.05) is 0 Å². The Balaban J connectivity index is 2.33. The second kappa shape index (κ2) is 4.32. The van der Waals surface area contributed by atoms with Gasteiger partial charge in [0.2, 0.25) is 10.0 Å². The van der Waals surface area contributed by atoms with Gasteiger partial charge < -0.3 is 5.73 Å². The van der Waals surface area contributed by atoms with Gasteiger partial charge in [-0.3, -0.25) is 5.10 Å². The molecule has 2 rings (SSSR count). The SMILES string of the molecule is Cc1[nH]nc(CN)c1S(=O)(=O)NC(C)(C)C1CC1. The molecule has 4 N–H and O–H groups in total. The van der Waals surface area contributed by atoms with Crippen LogP contribution >= 0.6 is 0 Å². The molecule has 0 bridgehead atoms. The van der Waals surface area contributed by atoms with E-state index in [1.807, 2.05) is 13.8 Å². The van der Waals surface area contributed by atoms with Crippen LogP contribution in [-0.4, -0.2) is 24.2 Å². The van der Waals surface area contributed by atoms with Crippen molar-refractivity contribution in [2.45, 2.75) is 50.6 Å². The molecule has 1 aliphatic carbocycles. The molecule has 1 aromatic rings. The molecule has 0 radical (unpaired) electrons. The van der Waals surface area contributed by atoms with Crippen LogP contribution in [0.2, 0.25) is 0 Å². The molecule has 0 aromatic carbocycles. The molecule has 1 aromatic heterocycles. The zero-order valence-corrected chi connectivity index (χ0v) is 11.8. The van der Waals surface area contributed by atoms with Crippen LogP contribution in [0.15, 0.2) is 4.90 Å². The van der Waals surface area contributed by atoms with Gasteiger partial charge in [-0.1, -0.05) is 0 Å². The third kappa shape index (κ3) is 2.43. The fourth-order valence-electron chi connectivity index (χ4n) is 2.25. The summed E-state index contributed by atoms with van der Waals surface area (Å²) in [7, 11) is -3.58. The first-order chi connectivity index (χ1) is 8.28. The van der Waals surface area contributed by atoms with E-state index in [1.165, 1.54) is 0 Å². The Hall–Kier alpha value is -0.920. The fraction of sp³-hybridized carbons (Fsp3) is 0.727. The van der Waals surface area contributed by atoms with E-state index >= 15 is 0 Å². The summed E-state index contributed by atoms with van der Waals surface area (Å²) in [6, 6.07) is 0. The van der Waals surface area contributed by atoms with Crippen LogP contribution in [0.1, 0.15) is 38.1 Å². The van der Waals surface area contributed by atoms with Gasteiger partial charge in [-0.05, 0) is 39.5 Å². The van der Waals surface area contributed by atoms with E-state index in [4.69, 9.17) is 5.73 Å². The Morgan fingerprint density at radius 3 is 2.61 bits per heavy atom. The number of hydrogen-bond acceptors (Lipinski definition) is 4. The highest BCUT2D eigenvalue weighted by Gasteiger charge is 2.41. The summed E-state index contributed by atoms with van der Waals surface area (Å²) in [5.74, 6) is 0.417. The molecule has 6 nitrogen and oxygen atoms in total. The van der Waals surface area contributed by atoms with Crippen LogP contribution in [0.3, 0.4) is 0 Å². The summed E-state index contributed by atoms with van der Waals surface area (Å²) in [4.78, 5) is 0.193. The summed E-state index contributed by atoms with van der Waals surface area (Å²) in [5, 5.41) is 6.60. The molecule has 0 atom stereocenters. The highest BCUT2D eigenvalue weighted by Crippen LogP contribution is 2.40. The number of aryl methyl sites for hydroxylation is 1. The van der Waals surface area contributed by atoms with Crippen LogP contribution in [0.5, 0.6) is 0 Å². The number of aromatic amines is 1. The molecule has 7 heteroatoms. The molecule has 1 saturated carbocycles. The Bertz CT molecular complexity index is 543. The fourth-order valence-corrected chi connectivity index (χ4v) is 4.10. The Kier molecular flexibility index (Phi) is 3.25. The van der Waals surface area contributed by atoms with Crippen molar-refractivity contribution in [3.05, 3.63) is 11.4 Å². The van der Waals surface area contributed by atoms with E-state index in [0.717, 1.165) is 12.8 Å². The molecule has 1 fully saturated rings. The molecule has 102 valence electrons. The van der Waals surface area contributed by atoms with Gasteiger partial charge in [0.1, 0.15) is 4.90 Å². The van der Waals surface area contributed by atoms with Gasteiger partial charge in [0.05, 0.1) is 11.4 Å². The molecular weight excluding hydrogens is 252 g/mol. The van der Waals surface area contributed by atoms with Crippen molar-refractivity contribution >= 4 is 10.0 Å². The predicted octanol–water partition coefficient (Wildman–Crippen LogP) is 0.644. The van der Waals surface area contributed by atoms with Crippen molar-refractivity contribution in [2.24, 2.45) is 11.7 Å². The number of H-pyrrole nitrogens is 1. The monoisotopic (exact) mass is 272 g/mol. The Morgan fingerprint density at radius 1 is 1.50 bits per heavy atom. The quantitative estimate of drug-likeness (QED) is 0.732. The number of hydrogen-bond donors (Lipinski definition) is 3. The first kappa shape index (κ1) is 13.5. The summed E-state index contributed by atoms with van der Waals surface area (Å²) >= 11 is 0. The number of rotatable bonds is 5. The van der Waals surface area contributed by atoms with Crippen LogP contribution in [0.25, 0.3) is 0 Å². The van der Waals surface area contributed by atoms with Gasteiger partial charge >= 0.3 is 0 Å². The molecule has 1 heterocycles. The van der Waals surface area contributed by atoms with Crippen LogP contribution in [0.4, 0.5) is 0 Å². The lowest BCUT2D eigenvalue weighted by molar-refractivity contribution is 0.400. The smallest absolute Gasteiger partial charge is 0.244 e. The third-order valence-electron chi connectivity index (χ3n) is 3.42. The van der Waals surface area contributed by atoms with E-state index in [9.17, 15) is 8.42 Å². The average molecular weight is 272 g/mol. The lowest BCUT2D eigenvalue weighted by Gasteiger charge is -2.25. The number of nitrogens with one attached hydrogen (secondary N) is 2. The summed E-state index contributed by atoms with van der Waals surface area (Å²) < 4.78 is 27.6. The van der Waals surface area contributed by atoms with Crippen molar-refractivity contribution in [3.63, 3.8) is 0 Å². The minimum Gasteiger partial charge on any atom is -0.325 e. The molecular formula is C11H20N4O2S. The second-order valence-corrected chi connectivity index (χ2v) is 7.05. The normalized spacial score (nSPS) is 17.1. The maximum Gasteiger partial charge on any atom is 0.244 e. The first-order valence-electron chi connectivity index (χ1n) is 6.06. The van der Waals surface area contributed by atoms with Gasteiger partial charge in [-0.15, -0.1) is 0 Å². The molecule has 0 unspecified atom stereocenters. The van der Waals surface area contributed by atoms with Crippen molar-refractivity contribution < 1.29 is 8.42 Å². The van der Waals surface area contributed by atoms with Gasteiger partial charge in [0.15, 0.2) is 0 Å². The van der Waals surface area contributed by atoms with Crippen LogP contribution < -0.4 is 10.5 Å². The maximum atomic E-state index is 12.4. The molecule has 1 aliphatic rings. The summed E-state index contributed by atoms with van der Waals surface area (Å²) in [6.45, 7) is 5.62. The molecule has 0 saturated heterocycles. The first-order valence-corrected chi connectivity index (χ1v) is 7.54. The molecule has 0 spiro atoms. The number of aromatic nitrogens is 2. The third-order valence-corrected chi connectivity index (χ3v) is 5.29. The van der Waals surface area contributed by atoms with E-state index in [0.29, 0.717) is 17.3 Å². The zero-order chi connectivity index (χ0) is 13.6. The zero-order valence-electron chi connectivity index (χ0n) is 10.9. The van der Waals surface area contributed by atoms with E-state index in [1.54, 1.807) is 6.92 Å². The van der Waals surface area contributed by atoms with Crippen LogP contribution in [0, 0.1) is 12.8 Å². The molecule has 18 heavy (non-hydrogen) atoms. The number of sulfonamides is 1. The van der Waals surface area contributed by atoms with Crippen LogP contribution in [-0.2, 0) is 16.6 Å². The average Bonchev–Trinajstić information content (AvgIpc) is 3.01. The standard InChI is InChI=1S/C11H20N4O2S/c1-7-10(9(6-12)14-13-7)18(16,17)15-11(2,3)8-4-5-8/h8,15H,4-6,12H2,1-3H3,(H,13,14). The minimum absolute atomic E-state index is 0.102. The van der Waals surface area contributed by atoms with E-state index in [2.05, 4.69) is 14.9 Å². The Labute approximate surface area is 107 Å². The molecule has 0 amide bonds. The highest BCUT2D eigenvalue weighted by atomic mass is 32.2. The van der Waals surface area contributed by atoms with E-state index in [-0.39, 0.29) is 11.4 Å². The number of nitrogens with two attached hydrogens (primary N) is 1. The lowest BCUT2D eigenvalue weighted by Crippen LogP contribution is -2.45. The maximum absolute atomic E-state index is 12.4. The topological polar surface area (TPSA) is 101 Å². The largest absolute Gasteiger partial charge is 0.325 e. The van der Waals surface area contributed by atoms with Crippen molar-refractivity contribution in [1.29, 1.82) is 0 Å². The number of nitrogens with zero attached hydrogens (tertiary/aromatic N) is 1. The van der Waals surface area contributed by atoms with Gasteiger partial charge in [0, 0.05) is 12.1 Å². The summed E-state index contributed by atoms with van der Waals surface area (Å²) in [5.41, 5.74) is 6.00. The van der Waals surface area contributed by atoms with Gasteiger partial charge in [-0.2, -0.15) is 5.10 Å². The summed E-state index contributed by atoms with van der Waals surface area (Å²) in [6.07, 6.45) is 2.15. The van der Waals surface area contributed by atoms with Crippen molar-refractivity contribution in [1.82, 2.24) is 14.9 Å². The molecule has 0 aliphatic heterocycles. The van der Waals surface area contributed by atoms with Crippen molar-refractivity contribution in [3.8, 4) is 0 Å². The Morgan fingerprint density at radius 2 is 2.11 bits per heavy atom. The predicted molar refractivity (Wildman–Crippen MR) is 68.3 cm³/mol. The highest BCUT2D eigenvalue weighted by molar-refractivity contribution is 7.89.